The van der Waals surface area contributed by atoms with Crippen LogP contribution in [0.1, 0.15) is 10.6 Å². The fourth-order valence-electron chi connectivity index (χ4n) is 1.90. The van der Waals surface area contributed by atoms with Crippen LogP contribution >= 0.6 is 34.8 Å². The lowest BCUT2D eigenvalue weighted by atomic mass is 10.2. The molecule has 3 rings (SSSR count). The van der Waals surface area contributed by atoms with Gasteiger partial charge in [-0.3, -0.25) is 4.79 Å². The molecule has 3 aromatic rings. The minimum Gasteiger partial charge on any atom is -0.451 e. The summed E-state index contributed by atoms with van der Waals surface area (Å²) in [6.07, 6.45) is 0. The summed E-state index contributed by atoms with van der Waals surface area (Å²) in [7, 11) is 0. The SMILES string of the molecule is O=C(Nc1ccc(Cl)cc1Cl)c1cc2cc(Cl)ccc2o1. The Kier molecular flexibility index (Phi) is 3.81. The van der Waals surface area contributed by atoms with Gasteiger partial charge in [0.05, 0.1) is 10.7 Å². The summed E-state index contributed by atoms with van der Waals surface area (Å²) in [5.41, 5.74) is 1.05. The zero-order valence-electron chi connectivity index (χ0n) is 10.5. The van der Waals surface area contributed by atoms with E-state index in [0.29, 0.717) is 26.3 Å². The van der Waals surface area contributed by atoms with E-state index in [4.69, 9.17) is 39.2 Å². The zero-order valence-corrected chi connectivity index (χ0v) is 12.8. The summed E-state index contributed by atoms with van der Waals surface area (Å²) in [5, 5.41) is 4.86. The molecule has 0 unspecified atom stereocenters. The molecule has 0 aliphatic heterocycles. The number of hydrogen-bond donors (Lipinski definition) is 1. The van der Waals surface area contributed by atoms with Crippen LogP contribution in [0.4, 0.5) is 5.69 Å². The number of rotatable bonds is 2. The van der Waals surface area contributed by atoms with Gasteiger partial charge < -0.3 is 9.73 Å². The van der Waals surface area contributed by atoms with Crippen molar-refractivity contribution in [2.24, 2.45) is 0 Å². The number of anilines is 1. The second-order valence-electron chi connectivity index (χ2n) is 4.37. The second-order valence-corrected chi connectivity index (χ2v) is 5.65. The highest BCUT2D eigenvalue weighted by molar-refractivity contribution is 6.36. The van der Waals surface area contributed by atoms with E-state index in [-0.39, 0.29) is 5.76 Å². The fourth-order valence-corrected chi connectivity index (χ4v) is 2.54. The topological polar surface area (TPSA) is 42.2 Å². The number of benzene rings is 2. The summed E-state index contributed by atoms with van der Waals surface area (Å²) in [5.74, 6) is -0.218. The van der Waals surface area contributed by atoms with Gasteiger partial charge in [-0.25, -0.2) is 0 Å². The minimum absolute atomic E-state index is 0.179. The van der Waals surface area contributed by atoms with E-state index in [1.165, 1.54) is 0 Å². The molecule has 6 heteroatoms. The molecule has 3 nitrogen and oxygen atoms in total. The van der Waals surface area contributed by atoms with Crippen molar-refractivity contribution >= 4 is 57.4 Å². The molecular formula is C15H8Cl3NO2. The molecule has 0 atom stereocenters. The Bertz CT molecular complexity index is 842. The average molecular weight is 341 g/mol. The van der Waals surface area contributed by atoms with Crippen molar-refractivity contribution in [3.8, 4) is 0 Å². The number of amides is 1. The van der Waals surface area contributed by atoms with Crippen LogP contribution in [0.15, 0.2) is 46.9 Å². The van der Waals surface area contributed by atoms with Crippen LogP contribution in [0.25, 0.3) is 11.0 Å². The van der Waals surface area contributed by atoms with E-state index in [1.807, 2.05) is 0 Å². The lowest BCUT2D eigenvalue weighted by Gasteiger charge is -2.05. The maximum absolute atomic E-state index is 12.2. The highest BCUT2D eigenvalue weighted by Crippen LogP contribution is 2.27. The van der Waals surface area contributed by atoms with Crippen LogP contribution in [0.2, 0.25) is 15.1 Å². The summed E-state index contributed by atoms with van der Waals surface area (Å²) in [6.45, 7) is 0. The Labute approximate surface area is 135 Å². The van der Waals surface area contributed by atoms with Gasteiger partial charge in [-0.15, -0.1) is 0 Å². The number of hydrogen-bond acceptors (Lipinski definition) is 2. The Morgan fingerprint density at radius 1 is 0.952 bits per heavy atom. The van der Waals surface area contributed by atoms with Crippen LogP contribution in [0, 0.1) is 0 Å². The van der Waals surface area contributed by atoms with Gasteiger partial charge in [0.15, 0.2) is 5.76 Å². The second kappa shape index (κ2) is 5.60. The molecule has 0 saturated carbocycles. The molecule has 0 spiro atoms. The maximum atomic E-state index is 12.2. The minimum atomic E-state index is -0.397. The zero-order chi connectivity index (χ0) is 15.0. The predicted octanol–water partition coefficient (Wildman–Crippen LogP) is 5.65. The third-order valence-electron chi connectivity index (χ3n) is 2.88. The first-order valence-electron chi connectivity index (χ1n) is 5.98. The normalized spacial score (nSPS) is 10.8. The predicted molar refractivity (Wildman–Crippen MR) is 85.6 cm³/mol. The molecule has 1 amide bonds. The van der Waals surface area contributed by atoms with Gasteiger partial charge in [0.25, 0.3) is 5.91 Å². The first-order valence-corrected chi connectivity index (χ1v) is 7.12. The highest BCUT2D eigenvalue weighted by atomic mass is 35.5. The summed E-state index contributed by atoms with van der Waals surface area (Å²) >= 11 is 17.7. The van der Waals surface area contributed by atoms with Crippen molar-refractivity contribution in [2.45, 2.75) is 0 Å². The average Bonchev–Trinajstić information content (AvgIpc) is 2.85. The number of carbonyl (C=O) groups is 1. The monoisotopic (exact) mass is 339 g/mol. The molecule has 2 aromatic carbocycles. The molecule has 0 bridgehead atoms. The quantitative estimate of drug-likeness (QED) is 0.655. The fraction of sp³-hybridized carbons (Fsp3) is 0. The van der Waals surface area contributed by atoms with E-state index >= 15 is 0 Å². The van der Waals surface area contributed by atoms with Crippen molar-refractivity contribution in [1.82, 2.24) is 0 Å². The molecule has 1 heterocycles. The van der Waals surface area contributed by atoms with Gasteiger partial charge in [-0.05, 0) is 42.5 Å². The molecule has 106 valence electrons. The van der Waals surface area contributed by atoms with Crippen molar-refractivity contribution in [3.05, 3.63) is 63.3 Å². The maximum Gasteiger partial charge on any atom is 0.291 e. The molecule has 0 aliphatic rings. The molecule has 0 fully saturated rings. The van der Waals surface area contributed by atoms with E-state index < -0.39 is 5.91 Å². The Morgan fingerprint density at radius 3 is 2.43 bits per heavy atom. The smallest absolute Gasteiger partial charge is 0.291 e. The summed E-state index contributed by atoms with van der Waals surface area (Å²) in [4.78, 5) is 12.2. The number of halogens is 3. The van der Waals surface area contributed by atoms with Crippen LogP contribution in [-0.4, -0.2) is 5.91 Å². The lowest BCUT2D eigenvalue weighted by Crippen LogP contribution is -2.11. The number of furan rings is 1. The largest absolute Gasteiger partial charge is 0.451 e. The van der Waals surface area contributed by atoms with Crippen molar-refractivity contribution < 1.29 is 9.21 Å². The van der Waals surface area contributed by atoms with Gasteiger partial charge >= 0.3 is 0 Å². The number of fused-ring (bicyclic) bond motifs is 1. The molecule has 0 saturated heterocycles. The van der Waals surface area contributed by atoms with Crippen LogP contribution in [0.3, 0.4) is 0 Å². The Balaban J connectivity index is 1.89. The van der Waals surface area contributed by atoms with E-state index in [2.05, 4.69) is 5.32 Å². The van der Waals surface area contributed by atoms with Crippen molar-refractivity contribution in [3.63, 3.8) is 0 Å². The first kappa shape index (κ1) is 14.3. The summed E-state index contributed by atoms with van der Waals surface area (Å²) < 4.78 is 5.48. The van der Waals surface area contributed by atoms with Gasteiger partial charge in [0.2, 0.25) is 0 Å². The molecule has 0 aliphatic carbocycles. The van der Waals surface area contributed by atoms with E-state index in [0.717, 1.165) is 5.39 Å². The Hall–Kier alpha value is -1.68. The highest BCUT2D eigenvalue weighted by Gasteiger charge is 2.14. The van der Waals surface area contributed by atoms with Gasteiger partial charge in [-0.1, -0.05) is 34.8 Å². The third kappa shape index (κ3) is 3.00. The lowest BCUT2D eigenvalue weighted by molar-refractivity contribution is 0.0998. The van der Waals surface area contributed by atoms with Crippen molar-refractivity contribution in [2.75, 3.05) is 5.32 Å². The van der Waals surface area contributed by atoms with Crippen LogP contribution in [0.5, 0.6) is 0 Å². The Morgan fingerprint density at radius 2 is 1.67 bits per heavy atom. The van der Waals surface area contributed by atoms with Crippen molar-refractivity contribution in [1.29, 1.82) is 0 Å². The van der Waals surface area contributed by atoms with Gasteiger partial charge in [0, 0.05) is 15.4 Å². The molecular weight excluding hydrogens is 333 g/mol. The number of nitrogens with one attached hydrogen (secondary N) is 1. The van der Waals surface area contributed by atoms with E-state index in [9.17, 15) is 4.79 Å². The molecule has 21 heavy (non-hydrogen) atoms. The number of carbonyl (C=O) groups excluding carboxylic acids is 1. The molecule has 0 radical (unpaired) electrons. The van der Waals surface area contributed by atoms with Crippen LogP contribution < -0.4 is 5.32 Å². The molecule has 1 aromatic heterocycles. The standard InChI is InChI=1S/C15H8Cl3NO2/c16-9-2-4-13-8(5-9)6-14(21-13)15(20)19-12-3-1-10(17)7-11(12)18/h1-7H,(H,19,20). The first-order chi connectivity index (χ1) is 10.0. The van der Waals surface area contributed by atoms with Gasteiger partial charge in [-0.2, -0.15) is 0 Å². The van der Waals surface area contributed by atoms with Gasteiger partial charge in [0.1, 0.15) is 5.58 Å². The van der Waals surface area contributed by atoms with E-state index in [1.54, 1.807) is 42.5 Å². The van der Waals surface area contributed by atoms with Crippen LogP contribution in [-0.2, 0) is 0 Å². The third-order valence-corrected chi connectivity index (χ3v) is 3.66. The summed E-state index contributed by atoms with van der Waals surface area (Å²) in [6, 6.07) is 11.6. The molecule has 1 N–H and O–H groups in total.